The van der Waals surface area contributed by atoms with Crippen molar-refractivity contribution in [2.45, 2.75) is 6.10 Å². The van der Waals surface area contributed by atoms with E-state index in [0.29, 0.717) is 0 Å². The summed E-state index contributed by atoms with van der Waals surface area (Å²) in [6.07, 6.45) is -0.954. The summed E-state index contributed by atoms with van der Waals surface area (Å²) in [5, 5.41) is 31.9. The first-order valence-corrected chi connectivity index (χ1v) is 4.94. The van der Waals surface area contributed by atoms with Gasteiger partial charge in [0.1, 0.15) is 6.10 Å². The molecule has 0 aromatic carbocycles. The first-order chi connectivity index (χ1) is 5.87. The maximum Gasteiger partial charge on any atom is 0.267 e. The Labute approximate surface area is 76.0 Å². The first-order valence-electron chi connectivity index (χ1n) is 3.33. The maximum absolute atomic E-state index is 9.63. The Morgan fingerprint density at radius 1 is 1.08 bits per heavy atom. The Morgan fingerprint density at radius 3 is 1.46 bits per heavy atom. The summed E-state index contributed by atoms with van der Waals surface area (Å²) < 4.78 is 27.1. The monoisotopic (exact) mass is 218 g/mol. The lowest BCUT2D eigenvalue weighted by molar-refractivity contribution is 0.0450. The van der Waals surface area contributed by atoms with Gasteiger partial charge in [-0.1, -0.05) is 0 Å². The van der Waals surface area contributed by atoms with Crippen LogP contribution in [0.5, 0.6) is 0 Å². The average Bonchev–Trinajstić information content (AvgIpc) is 2.02. The predicted octanol–water partition coefficient (Wildman–Crippen LogP) is -2.80. The van der Waals surface area contributed by atoms with Crippen LogP contribution in [0.25, 0.3) is 0 Å². The minimum atomic E-state index is -3.92. The molecule has 7 nitrogen and oxygen atoms in total. The van der Waals surface area contributed by atoms with Gasteiger partial charge in [-0.2, -0.15) is 8.42 Å². The molecule has 8 heteroatoms. The standard InChI is InChI=1S/C3H8O3.C2H6O4S/c4-1-3(6)2-5;3-1-2-7(4,5)6/h3-6H,1-2H2;3H,1-2H2,(H,4,5,6). The van der Waals surface area contributed by atoms with E-state index in [1.807, 2.05) is 0 Å². The zero-order chi connectivity index (χ0) is 10.9. The molecule has 0 atom stereocenters. The van der Waals surface area contributed by atoms with Crippen LogP contribution in [0.2, 0.25) is 0 Å². The molecule has 0 fully saturated rings. The molecule has 0 bridgehead atoms. The molecule has 0 aliphatic rings. The van der Waals surface area contributed by atoms with Gasteiger partial charge < -0.3 is 20.4 Å². The normalized spacial score (nSPS) is 10.9. The molecule has 0 aromatic heterocycles. The smallest absolute Gasteiger partial charge is 0.267 e. The SMILES string of the molecule is O=S(=O)(O)CCO.OCC(O)CO. The minimum Gasteiger partial charge on any atom is -0.395 e. The van der Waals surface area contributed by atoms with Crippen LogP contribution in [0.4, 0.5) is 0 Å². The van der Waals surface area contributed by atoms with Crippen molar-refractivity contribution in [1.82, 2.24) is 0 Å². The Bertz CT molecular complexity index is 183. The molecule has 0 saturated carbocycles. The predicted molar refractivity (Wildman–Crippen MR) is 43.7 cm³/mol. The summed E-state index contributed by atoms with van der Waals surface area (Å²) in [5.41, 5.74) is 0. The van der Waals surface area contributed by atoms with E-state index >= 15 is 0 Å². The Morgan fingerprint density at radius 2 is 1.46 bits per heavy atom. The third-order valence-electron chi connectivity index (χ3n) is 0.771. The van der Waals surface area contributed by atoms with E-state index in [9.17, 15) is 8.42 Å². The van der Waals surface area contributed by atoms with Crippen molar-refractivity contribution in [1.29, 1.82) is 0 Å². The second kappa shape index (κ2) is 8.35. The van der Waals surface area contributed by atoms with E-state index in [0.717, 1.165) is 0 Å². The van der Waals surface area contributed by atoms with Crippen LogP contribution in [-0.4, -0.2) is 65.1 Å². The summed E-state index contributed by atoms with van der Waals surface area (Å²) in [6, 6.07) is 0. The van der Waals surface area contributed by atoms with Gasteiger partial charge in [0.15, 0.2) is 0 Å². The highest BCUT2D eigenvalue weighted by Crippen LogP contribution is 1.76. The number of aliphatic hydroxyl groups is 4. The molecule has 0 aliphatic heterocycles. The van der Waals surface area contributed by atoms with E-state index in [2.05, 4.69) is 0 Å². The van der Waals surface area contributed by atoms with Gasteiger partial charge in [-0.3, -0.25) is 4.55 Å². The van der Waals surface area contributed by atoms with Crippen molar-refractivity contribution in [2.24, 2.45) is 0 Å². The van der Waals surface area contributed by atoms with Crippen molar-refractivity contribution in [3.8, 4) is 0 Å². The van der Waals surface area contributed by atoms with Crippen LogP contribution in [0, 0.1) is 0 Å². The Balaban J connectivity index is 0. The number of aliphatic hydroxyl groups excluding tert-OH is 4. The van der Waals surface area contributed by atoms with Gasteiger partial charge in [0, 0.05) is 0 Å². The van der Waals surface area contributed by atoms with Crippen LogP contribution in [0.15, 0.2) is 0 Å². The molecule has 0 aliphatic carbocycles. The lowest BCUT2D eigenvalue weighted by atomic mass is 10.4. The first kappa shape index (κ1) is 15.2. The van der Waals surface area contributed by atoms with Crippen molar-refractivity contribution < 1.29 is 33.4 Å². The quantitative estimate of drug-likeness (QED) is 0.321. The molecule has 0 unspecified atom stereocenters. The molecular formula is C5H14O7S. The van der Waals surface area contributed by atoms with E-state index in [-0.39, 0.29) is 13.2 Å². The third-order valence-corrected chi connectivity index (χ3v) is 1.47. The Kier molecular flexibility index (Phi) is 9.79. The number of hydrogen-bond donors (Lipinski definition) is 5. The minimum absolute atomic E-state index is 0.365. The highest BCUT2D eigenvalue weighted by molar-refractivity contribution is 7.85. The van der Waals surface area contributed by atoms with Gasteiger partial charge >= 0.3 is 0 Å². The lowest BCUT2D eigenvalue weighted by Gasteiger charge is -1.96. The van der Waals surface area contributed by atoms with Crippen LogP contribution in [-0.2, 0) is 10.1 Å². The van der Waals surface area contributed by atoms with Crippen molar-refractivity contribution >= 4 is 10.1 Å². The van der Waals surface area contributed by atoms with Crippen LogP contribution in [0.1, 0.15) is 0 Å². The van der Waals surface area contributed by atoms with Gasteiger partial charge in [0.2, 0.25) is 0 Å². The van der Waals surface area contributed by atoms with Crippen molar-refractivity contribution in [3.63, 3.8) is 0 Å². The van der Waals surface area contributed by atoms with Crippen LogP contribution >= 0.6 is 0 Å². The zero-order valence-corrected chi connectivity index (χ0v) is 7.68. The fourth-order valence-electron chi connectivity index (χ4n) is 0.173. The number of hydrogen-bond acceptors (Lipinski definition) is 6. The fraction of sp³-hybridized carbons (Fsp3) is 1.00. The number of rotatable bonds is 4. The van der Waals surface area contributed by atoms with Gasteiger partial charge in [0.05, 0.1) is 25.6 Å². The van der Waals surface area contributed by atoms with Gasteiger partial charge in [-0.15, -0.1) is 0 Å². The van der Waals surface area contributed by atoms with Crippen molar-refractivity contribution in [3.05, 3.63) is 0 Å². The maximum atomic E-state index is 9.63. The van der Waals surface area contributed by atoms with E-state index in [4.69, 9.17) is 25.0 Å². The molecule has 5 N–H and O–H groups in total. The van der Waals surface area contributed by atoms with Crippen LogP contribution in [0.3, 0.4) is 0 Å². The molecule has 0 rings (SSSR count). The molecule has 0 saturated heterocycles. The largest absolute Gasteiger partial charge is 0.395 e. The molecule has 13 heavy (non-hydrogen) atoms. The summed E-state index contributed by atoms with van der Waals surface area (Å²) >= 11 is 0. The van der Waals surface area contributed by atoms with Crippen LogP contribution < -0.4 is 0 Å². The van der Waals surface area contributed by atoms with E-state index in [1.54, 1.807) is 0 Å². The zero-order valence-electron chi connectivity index (χ0n) is 6.87. The highest BCUT2D eigenvalue weighted by Gasteiger charge is 1.99. The van der Waals surface area contributed by atoms with E-state index < -0.39 is 28.6 Å². The Hall–Kier alpha value is -0.250. The topological polar surface area (TPSA) is 135 Å². The van der Waals surface area contributed by atoms with E-state index in [1.165, 1.54) is 0 Å². The second-order valence-corrected chi connectivity index (χ2v) is 3.60. The third kappa shape index (κ3) is 18.6. The summed E-state index contributed by atoms with van der Waals surface area (Å²) in [6.45, 7) is -1.26. The molecule has 0 spiro atoms. The molecule has 0 radical (unpaired) electrons. The molecule has 0 heterocycles. The lowest BCUT2D eigenvalue weighted by Crippen LogP contribution is -2.15. The van der Waals surface area contributed by atoms with Gasteiger partial charge in [-0.25, -0.2) is 0 Å². The average molecular weight is 218 g/mol. The summed E-state index contributed by atoms with van der Waals surface area (Å²) in [7, 11) is -3.92. The summed E-state index contributed by atoms with van der Waals surface area (Å²) in [5.74, 6) is -0.576. The molecular weight excluding hydrogens is 204 g/mol. The second-order valence-electron chi connectivity index (χ2n) is 2.03. The fourth-order valence-corrected chi connectivity index (χ4v) is 0.404. The highest BCUT2D eigenvalue weighted by atomic mass is 32.2. The summed E-state index contributed by atoms with van der Waals surface area (Å²) in [4.78, 5) is 0. The van der Waals surface area contributed by atoms with Crippen molar-refractivity contribution in [2.75, 3.05) is 25.6 Å². The van der Waals surface area contributed by atoms with Gasteiger partial charge in [0.25, 0.3) is 10.1 Å². The van der Waals surface area contributed by atoms with Gasteiger partial charge in [-0.05, 0) is 0 Å². The molecule has 0 amide bonds. The molecule has 0 aromatic rings. The molecule has 82 valence electrons.